The summed E-state index contributed by atoms with van der Waals surface area (Å²) in [6.07, 6.45) is 4.44. The van der Waals surface area contributed by atoms with Crippen molar-refractivity contribution < 1.29 is 0 Å². The van der Waals surface area contributed by atoms with Crippen LogP contribution < -0.4 is 4.90 Å². The average Bonchev–Trinajstić information content (AvgIpc) is 2.34. The van der Waals surface area contributed by atoms with Gasteiger partial charge in [0.1, 0.15) is 0 Å². The van der Waals surface area contributed by atoms with Crippen LogP contribution in [-0.2, 0) is 6.54 Å². The lowest BCUT2D eigenvalue weighted by atomic mass is 10.2. The normalized spacial score (nSPS) is 16.2. The first-order valence-corrected chi connectivity index (χ1v) is 4.55. The maximum Gasteiger partial charge on any atom is 0.171 e. The van der Waals surface area contributed by atoms with Crippen molar-refractivity contribution in [1.82, 2.24) is 15.0 Å². The standard InChI is InChI=1S/C8H14N4/c1-2-4-12-7-8(9-10-12)11-5-3-6-11/h7H,2-6H2,1H3. The quantitative estimate of drug-likeness (QED) is 0.669. The van der Waals surface area contributed by atoms with Crippen molar-refractivity contribution in [2.45, 2.75) is 26.3 Å². The summed E-state index contributed by atoms with van der Waals surface area (Å²) in [7, 11) is 0. The predicted molar refractivity (Wildman–Crippen MR) is 47.1 cm³/mol. The third-order valence-electron chi connectivity index (χ3n) is 2.16. The molecule has 1 aliphatic rings. The van der Waals surface area contributed by atoms with Crippen LogP contribution >= 0.6 is 0 Å². The SMILES string of the molecule is CCCn1cc(N2CCC2)nn1. The molecule has 0 amide bonds. The Labute approximate surface area is 72.2 Å². The molecule has 0 aromatic carbocycles. The van der Waals surface area contributed by atoms with Crippen molar-refractivity contribution in [3.63, 3.8) is 0 Å². The highest BCUT2D eigenvalue weighted by Gasteiger charge is 2.16. The van der Waals surface area contributed by atoms with Crippen molar-refractivity contribution in [3.05, 3.63) is 6.20 Å². The third-order valence-corrected chi connectivity index (χ3v) is 2.16. The number of nitrogens with zero attached hydrogens (tertiary/aromatic N) is 4. The lowest BCUT2D eigenvalue weighted by Gasteiger charge is -2.30. The number of aryl methyl sites for hydroxylation is 1. The lowest BCUT2D eigenvalue weighted by molar-refractivity contribution is 0.578. The van der Waals surface area contributed by atoms with Gasteiger partial charge in [0.2, 0.25) is 0 Å². The second-order valence-electron chi connectivity index (χ2n) is 3.18. The van der Waals surface area contributed by atoms with Crippen LogP contribution in [0.15, 0.2) is 6.20 Å². The molecule has 4 nitrogen and oxygen atoms in total. The van der Waals surface area contributed by atoms with Gasteiger partial charge >= 0.3 is 0 Å². The highest BCUT2D eigenvalue weighted by Crippen LogP contribution is 2.16. The summed E-state index contributed by atoms with van der Waals surface area (Å²) >= 11 is 0. The van der Waals surface area contributed by atoms with Gasteiger partial charge in [0, 0.05) is 19.6 Å². The Hall–Kier alpha value is -1.06. The summed E-state index contributed by atoms with van der Waals surface area (Å²) in [5.41, 5.74) is 0. The first-order chi connectivity index (χ1) is 5.90. The molecule has 12 heavy (non-hydrogen) atoms. The van der Waals surface area contributed by atoms with E-state index in [0.29, 0.717) is 0 Å². The first-order valence-electron chi connectivity index (χ1n) is 4.55. The summed E-state index contributed by atoms with van der Waals surface area (Å²) in [5.74, 6) is 1.04. The van der Waals surface area contributed by atoms with Crippen molar-refractivity contribution >= 4 is 5.82 Å². The van der Waals surface area contributed by atoms with Gasteiger partial charge in [-0.25, -0.2) is 0 Å². The van der Waals surface area contributed by atoms with E-state index in [1.807, 2.05) is 10.9 Å². The molecule has 1 saturated heterocycles. The average molecular weight is 166 g/mol. The van der Waals surface area contributed by atoms with Crippen LogP contribution in [0.1, 0.15) is 19.8 Å². The topological polar surface area (TPSA) is 34.0 Å². The minimum Gasteiger partial charge on any atom is -0.354 e. The summed E-state index contributed by atoms with van der Waals surface area (Å²) in [5, 5.41) is 8.13. The van der Waals surface area contributed by atoms with E-state index in [9.17, 15) is 0 Å². The highest BCUT2D eigenvalue weighted by atomic mass is 15.5. The van der Waals surface area contributed by atoms with Crippen LogP contribution in [0.3, 0.4) is 0 Å². The molecule has 0 aliphatic carbocycles. The van der Waals surface area contributed by atoms with E-state index in [1.165, 1.54) is 6.42 Å². The van der Waals surface area contributed by atoms with Crippen molar-refractivity contribution in [2.75, 3.05) is 18.0 Å². The molecule has 0 unspecified atom stereocenters. The number of aromatic nitrogens is 3. The maximum atomic E-state index is 4.10. The second kappa shape index (κ2) is 3.13. The van der Waals surface area contributed by atoms with Gasteiger partial charge in [-0.1, -0.05) is 12.1 Å². The summed E-state index contributed by atoms with van der Waals surface area (Å²) in [4.78, 5) is 2.25. The van der Waals surface area contributed by atoms with Gasteiger partial charge in [0.25, 0.3) is 0 Å². The Morgan fingerprint density at radius 3 is 2.92 bits per heavy atom. The first kappa shape index (κ1) is 7.58. The maximum absolute atomic E-state index is 4.10. The number of rotatable bonds is 3. The Balaban J connectivity index is 2.02. The number of hydrogen-bond acceptors (Lipinski definition) is 3. The summed E-state index contributed by atoms with van der Waals surface area (Å²) in [6.45, 7) is 5.40. The highest BCUT2D eigenvalue weighted by molar-refractivity contribution is 5.37. The molecule has 1 aliphatic heterocycles. The van der Waals surface area contributed by atoms with Crippen LogP contribution in [0.5, 0.6) is 0 Å². The molecule has 2 heterocycles. The monoisotopic (exact) mass is 166 g/mol. The van der Waals surface area contributed by atoms with Gasteiger partial charge < -0.3 is 4.90 Å². The Kier molecular flexibility index (Phi) is 1.98. The van der Waals surface area contributed by atoms with Crippen molar-refractivity contribution in [2.24, 2.45) is 0 Å². The molecule has 0 atom stereocenters. The molecule has 2 rings (SSSR count). The molecule has 66 valence electrons. The minimum absolute atomic E-state index is 0.973. The summed E-state index contributed by atoms with van der Waals surface area (Å²) < 4.78 is 1.91. The van der Waals surface area contributed by atoms with Crippen molar-refractivity contribution in [3.8, 4) is 0 Å². The largest absolute Gasteiger partial charge is 0.354 e. The molecule has 0 saturated carbocycles. The molecule has 1 aromatic heterocycles. The molecule has 0 N–H and O–H groups in total. The van der Waals surface area contributed by atoms with Gasteiger partial charge in [0.05, 0.1) is 6.20 Å². The zero-order valence-corrected chi connectivity index (χ0v) is 7.40. The van der Waals surface area contributed by atoms with E-state index < -0.39 is 0 Å². The summed E-state index contributed by atoms with van der Waals surface area (Å²) in [6, 6.07) is 0. The molecule has 0 spiro atoms. The van der Waals surface area contributed by atoms with Crippen LogP contribution in [-0.4, -0.2) is 28.1 Å². The van der Waals surface area contributed by atoms with Gasteiger partial charge in [-0.15, -0.1) is 5.10 Å². The van der Waals surface area contributed by atoms with Gasteiger partial charge in [0.15, 0.2) is 5.82 Å². The zero-order valence-electron chi connectivity index (χ0n) is 7.40. The molecule has 0 bridgehead atoms. The Morgan fingerprint density at radius 1 is 1.50 bits per heavy atom. The van der Waals surface area contributed by atoms with E-state index in [1.54, 1.807) is 0 Å². The van der Waals surface area contributed by atoms with E-state index in [-0.39, 0.29) is 0 Å². The Bertz CT molecular complexity index is 251. The third kappa shape index (κ3) is 1.29. The van der Waals surface area contributed by atoms with Gasteiger partial charge in [-0.3, -0.25) is 4.68 Å². The van der Waals surface area contributed by atoms with Crippen LogP contribution in [0.25, 0.3) is 0 Å². The van der Waals surface area contributed by atoms with Gasteiger partial charge in [-0.05, 0) is 12.8 Å². The molecule has 1 fully saturated rings. The van der Waals surface area contributed by atoms with Gasteiger partial charge in [-0.2, -0.15) is 0 Å². The molecule has 4 heteroatoms. The van der Waals surface area contributed by atoms with E-state index in [0.717, 1.165) is 31.9 Å². The number of anilines is 1. The fraction of sp³-hybridized carbons (Fsp3) is 0.750. The lowest BCUT2D eigenvalue weighted by Crippen LogP contribution is -2.37. The predicted octanol–water partition coefficient (Wildman–Crippen LogP) is 0.898. The van der Waals surface area contributed by atoms with E-state index >= 15 is 0 Å². The molecule has 0 radical (unpaired) electrons. The molecular formula is C8H14N4. The fourth-order valence-corrected chi connectivity index (χ4v) is 1.32. The van der Waals surface area contributed by atoms with Crippen LogP contribution in [0.2, 0.25) is 0 Å². The molecule has 1 aromatic rings. The zero-order chi connectivity index (χ0) is 8.39. The second-order valence-corrected chi connectivity index (χ2v) is 3.18. The van der Waals surface area contributed by atoms with E-state index in [4.69, 9.17) is 0 Å². The smallest absolute Gasteiger partial charge is 0.171 e. The van der Waals surface area contributed by atoms with Crippen LogP contribution in [0, 0.1) is 0 Å². The fourth-order valence-electron chi connectivity index (χ4n) is 1.32. The van der Waals surface area contributed by atoms with Crippen LogP contribution in [0.4, 0.5) is 5.82 Å². The van der Waals surface area contributed by atoms with Crippen molar-refractivity contribution in [1.29, 1.82) is 0 Å². The molecular weight excluding hydrogens is 152 g/mol. The Morgan fingerprint density at radius 2 is 2.33 bits per heavy atom. The minimum atomic E-state index is 0.973. The number of hydrogen-bond donors (Lipinski definition) is 0. The van der Waals surface area contributed by atoms with E-state index in [2.05, 4.69) is 22.1 Å².